The maximum absolute atomic E-state index is 2.46. The summed E-state index contributed by atoms with van der Waals surface area (Å²) < 4.78 is 5.10. The number of hydrogen-bond donors (Lipinski definition) is 0. The van der Waals surface area contributed by atoms with Crippen molar-refractivity contribution >= 4 is 70.8 Å². The van der Waals surface area contributed by atoms with Crippen LogP contribution in [0.1, 0.15) is 62.4 Å². The van der Waals surface area contributed by atoms with Crippen molar-refractivity contribution in [2.24, 2.45) is 0 Å². The van der Waals surface area contributed by atoms with Gasteiger partial charge in [-0.3, -0.25) is 0 Å². The molecule has 0 saturated carbocycles. The first kappa shape index (κ1) is 42.1. The molecule has 2 aromatic heterocycles. The third-order valence-electron chi connectivity index (χ3n) is 15.3. The number of anilines is 2. The maximum atomic E-state index is 2.46. The number of rotatable bonds is 8. The van der Waals surface area contributed by atoms with Crippen LogP contribution in [0, 0.1) is 0 Å². The van der Waals surface area contributed by atoms with Crippen LogP contribution in [-0.4, -0.2) is 4.57 Å². The summed E-state index contributed by atoms with van der Waals surface area (Å²) in [5, 5.41) is 5.15. The highest BCUT2D eigenvalue weighted by atomic mass is 32.1. The third kappa shape index (κ3) is 6.45. The minimum Gasteiger partial charge on any atom is -0.310 e. The van der Waals surface area contributed by atoms with Gasteiger partial charge in [0.1, 0.15) is 0 Å². The van der Waals surface area contributed by atoms with Gasteiger partial charge in [0.15, 0.2) is 0 Å². The van der Waals surface area contributed by atoms with Crippen LogP contribution in [0.15, 0.2) is 224 Å². The molecule has 0 saturated heterocycles. The second-order valence-corrected chi connectivity index (χ2v) is 21.1. The lowest BCUT2D eigenvalue weighted by atomic mass is 9.82. The third-order valence-corrected chi connectivity index (χ3v) is 16.5. The van der Waals surface area contributed by atoms with Crippen molar-refractivity contribution in [3.63, 3.8) is 0 Å². The summed E-state index contributed by atoms with van der Waals surface area (Å²) in [6.45, 7) is 11.6. The Balaban J connectivity index is 0.942. The first-order valence-electron chi connectivity index (χ1n) is 24.5. The van der Waals surface area contributed by atoms with E-state index in [2.05, 4.69) is 269 Å². The Morgan fingerprint density at radius 1 is 0.500 bits per heavy atom. The standard InChI is InChI=1S/C67H52N2S/c1-6-18-46(22-16-19-43-31-37-60-53(39-43)54-41-52-49-23-10-13-26-56(49)67(4,5)59(52)42-62(54)69(60)47-20-8-7-9-21-47)68(61-29-17-28-58-65(61)51-25-11-14-27-57(51)66(58,2)3)48-35-32-44(33-36-48)45-34-38-64-55(40-45)50-24-12-15-30-63(50)70-64/h6-42H,1-5H3/b18-6-,19-16+,46-22+. The molecule has 2 aliphatic carbocycles. The van der Waals surface area contributed by atoms with E-state index in [0.717, 1.165) is 16.9 Å². The maximum Gasteiger partial charge on any atom is 0.0544 e. The molecule has 70 heavy (non-hydrogen) atoms. The van der Waals surface area contributed by atoms with Gasteiger partial charge in [-0.15, -0.1) is 11.3 Å². The fourth-order valence-electron chi connectivity index (χ4n) is 11.9. The molecule has 0 amide bonds. The number of benzene rings is 9. The van der Waals surface area contributed by atoms with Crippen LogP contribution in [0.2, 0.25) is 0 Å². The number of nitrogens with zero attached hydrogens (tertiary/aromatic N) is 2. The Morgan fingerprint density at radius 3 is 1.99 bits per heavy atom. The average Bonchev–Trinajstić information content (AvgIpc) is 4.07. The Labute approximate surface area is 414 Å². The van der Waals surface area contributed by atoms with Gasteiger partial charge in [0.25, 0.3) is 0 Å². The molecule has 2 heterocycles. The molecule has 0 atom stereocenters. The lowest BCUT2D eigenvalue weighted by molar-refractivity contribution is 0.660. The second kappa shape index (κ2) is 16.1. The monoisotopic (exact) mass is 916 g/mol. The van der Waals surface area contributed by atoms with Crippen LogP contribution < -0.4 is 4.90 Å². The fraction of sp³-hybridized carbons (Fsp3) is 0.104. The number of para-hydroxylation sites is 1. The van der Waals surface area contributed by atoms with Crippen molar-refractivity contribution in [2.45, 2.75) is 45.4 Å². The molecule has 0 spiro atoms. The molecule has 0 radical (unpaired) electrons. The van der Waals surface area contributed by atoms with E-state index in [1.165, 1.54) is 109 Å². The summed E-state index contributed by atoms with van der Waals surface area (Å²) in [6.07, 6.45) is 11.2. The normalized spacial score (nSPS) is 14.6. The van der Waals surface area contributed by atoms with Crippen molar-refractivity contribution in [1.82, 2.24) is 4.57 Å². The van der Waals surface area contributed by atoms with Crippen LogP contribution in [-0.2, 0) is 10.8 Å². The van der Waals surface area contributed by atoms with Crippen LogP contribution >= 0.6 is 11.3 Å². The van der Waals surface area contributed by atoms with Gasteiger partial charge in [-0.1, -0.05) is 167 Å². The first-order valence-corrected chi connectivity index (χ1v) is 25.3. The Morgan fingerprint density at radius 2 is 1.17 bits per heavy atom. The molecular weight excluding hydrogens is 865 g/mol. The second-order valence-electron chi connectivity index (χ2n) is 20.0. The summed E-state index contributed by atoms with van der Waals surface area (Å²) >= 11 is 1.86. The number of aromatic nitrogens is 1. The molecule has 0 fully saturated rings. The Kier molecular flexibility index (Phi) is 9.67. The highest BCUT2D eigenvalue weighted by molar-refractivity contribution is 7.25. The van der Waals surface area contributed by atoms with Crippen molar-refractivity contribution in [3.8, 4) is 39.1 Å². The van der Waals surface area contributed by atoms with Gasteiger partial charge < -0.3 is 9.47 Å². The predicted molar refractivity (Wildman–Crippen MR) is 301 cm³/mol. The van der Waals surface area contributed by atoms with Crippen LogP contribution in [0.5, 0.6) is 0 Å². The molecule has 0 N–H and O–H groups in total. The zero-order chi connectivity index (χ0) is 47.3. The van der Waals surface area contributed by atoms with E-state index in [0.29, 0.717) is 0 Å². The van der Waals surface area contributed by atoms with Gasteiger partial charge in [-0.2, -0.15) is 0 Å². The van der Waals surface area contributed by atoms with Crippen molar-refractivity contribution in [1.29, 1.82) is 0 Å². The minimum atomic E-state index is -0.131. The molecule has 0 unspecified atom stereocenters. The average molecular weight is 917 g/mol. The van der Waals surface area contributed by atoms with E-state index in [-0.39, 0.29) is 10.8 Å². The van der Waals surface area contributed by atoms with Gasteiger partial charge in [-0.25, -0.2) is 0 Å². The zero-order valence-electron chi connectivity index (χ0n) is 40.2. The molecule has 2 aliphatic rings. The van der Waals surface area contributed by atoms with Gasteiger partial charge in [0.05, 0.1) is 16.7 Å². The zero-order valence-corrected chi connectivity index (χ0v) is 41.0. The van der Waals surface area contributed by atoms with Gasteiger partial charge >= 0.3 is 0 Å². The number of allylic oxidation sites excluding steroid dienone is 4. The molecule has 2 nitrogen and oxygen atoms in total. The van der Waals surface area contributed by atoms with E-state index in [9.17, 15) is 0 Å². The van der Waals surface area contributed by atoms with Gasteiger partial charge in [0.2, 0.25) is 0 Å². The highest BCUT2D eigenvalue weighted by Crippen LogP contribution is 2.54. The minimum absolute atomic E-state index is 0.0902. The van der Waals surface area contributed by atoms with Crippen LogP contribution in [0.4, 0.5) is 11.4 Å². The lowest BCUT2D eigenvalue weighted by Gasteiger charge is -2.29. The van der Waals surface area contributed by atoms with Crippen LogP contribution in [0.25, 0.3) is 87.1 Å². The van der Waals surface area contributed by atoms with Crippen LogP contribution in [0.3, 0.4) is 0 Å². The number of fused-ring (bicyclic) bond motifs is 12. The smallest absolute Gasteiger partial charge is 0.0544 e. The quantitative estimate of drug-likeness (QED) is 0.138. The van der Waals surface area contributed by atoms with E-state index >= 15 is 0 Å². The molecular formula is C67H52N2S. The summed E-state index contributed by atoms with van der Waals surface area (Å²) in [5.74, 6) is 0. The van der Waals surface area contributed by atoms with E-state index < -0.39 is 0 Å². The molecule has 3 heteroatoms. The van der Waals surface area contributed by atoms with E-state index in [1.807, 2.05) is 11.3 Å². The predicted octanol–water partition coefficient (Wildman–Crippen LogP) is 18.7. The van der Waals surface area contributed by atoms with E-state index in [1.54, 1.807) is 0 Å². The Bertz CT molecular complexity index is 4000. The largest absolute Gasteiger partial charge is 0.310 e. The number of hydrogen-bond acceptors (Lipinski definition) is 2. The molecule has 13 rings (SSSR count). The first-order chi connectivity index (χ1) is 34.2. The van der Waals surface area contributed by atoms with Gasteiger partial charge in [0, 0.05) is 64.4 Å². The molecule has 9 aromatic carbocycles. The summed E-state index contributed by atoms with van der Waals surface area (Å²) in [4.78, 5) is 2.46. The fourth-order valence-corrected chi connectivity index (χ4v) is 13.0. The topological polar surface area (TPSA) is 8.17 Å². The summed E-state index contributed by atoms with van der Waals surface area (Å²) in [5.41, 5.74) is 21.1. The number of thiophene rings is 1. The lowest BCUT2D eigenvalue weighted by Crippen LogP contribution is -2.18. The Hall–Kier alpha value is -7.98. The van der Waals surface area contributed by atoms with Gasteiger partial charge in [-0.05, 0) is 148 Å². The summed E-state index contributed by atoms with van der Waals surface area (Å²) in [6, 6.07) is 72.3. The molecule has 0 aliphatic heterocycles. The van der Waals surface area contributed by atoms with E-state index in [4.69, 9.17) is 0 Å². The van der Waals surface area contributed by atoms with Crippen molar-refractivity contribution < 1.29 is 0 Å². The summed E-state index contributed by atoms with van der Waals surface area (Å²) in [7, 11) is 0. The molecule has 11 aromatic rings. The highest BCUT2D eigenvalue weighted by Gasteiger charge is 2.38. The SMILES string of the molecule is C\C=C/C(=C\C=C\c1ccc2c(c1)c1cc3c(cc1n2-c1ccccc1)C(C)(C)c1ccccc1-3)N(c1ccc(-c2ccc3sc4ccccc4c3c2)cc1)c1cccc2c1-c1ccccc1C2(C)C. The molecule has 0 bridgehead atoms. The van der Waals surface area contributed by atoms with Crippen molar-refractivity contribution in [3.05, 3.63) is 252 Å². The molecule has 336 valence electrons. The van der Waals surface area contributed by atoms with Crippen molar-refractivity contribution in [2.75, 3.05) is 4.90 Å².